The van der Waals surface area contributed by atoms with Crippen molar-refractivity contribution in [2.75, 3.05) is 16.3 Å². The number of sulfonamides is 1. The summed E-state index contributed by atoms with van der Waals surface area (Å²) in [7, 11) is -3.58. The molecule has 0 aliphatic carbocycles. The summed E-state index contributed by atoms with van der Waals surface area (Å²) < 4.78 is 30.1. The molecule has 0 saturated heterocycles. The van der Waals surface area contributed by atoms with E-state index in [1.54, 1.807) is 18.2 Å². The molecule has 0 saturated carbocycles. The molecule has 0 fully saturated rings. The third-order valence-electron chi connectivity index (χ3n) is 3.07. The van der Waals surface area contributed by atoms with E-state index in [-0.39, 0.29) is 17.1 Å². The van der Waals surface area contributed by atoms with E-state index in [9.17, 15) is 18.0 Å². The summed E-state index contributed by atoms with van der Waals surface area (Å²) in [4.78, 5) is 28.3. The number of esters is 1. The molecular weight excluding hydrogens is 382 g/mol. The highest BCUT2D eigenvalue weighted by molar-refractivity contribution is 7.92. The summed E-state index contributed by atoms with van der Waals surface area (Å²) in [5.74, 6) is -1.19. The number of ether oxygens (including phenoxy) is 1. The van der Waals surface area contributed by atoms with E-state index < -0.39 is 28.0 Å². The summed E-state index contributed by atoms with van der Waals surface area (Å²) in [6.07, 6.45) is 1.19. The second kappa shape index (κ2) is 8.15. The maximum atomic E-state index is 12.3. The van der Waals surface area contributed by atoms with Gasteiger partial charge in [-0.3, -0.25) is 9.52 Å². The molecule has 1 aromatic heterocycles. The summed E-state index contributed by atoms with van der Waals surface area (Å²) in [5, 5.41) is 2.90. The van der Waals surface area contributed by atoms with Gasteiger partial charge >= 0.3 is 5.97 Å². The molecule has 0 aliphatic heterocycles. The van der Waals surface area contributed by atoms with Crippen LogP contribution in [0.3, 0.4) is 0 Å². The van der Waals surface area contributed by atoms with Crippen LogP contribution < -0.4 is 10.0 Å². The molecule has 1 aromatic carbocycles. The first-order chi connectivity index (χ1) is 12.2. The summed E-state index contributed by atoms with van der Waals surface area (Å²) in [5.41, 5.74) is 0.0502. The van der Waals surface area contributed by atoms with Gasteiger partial charge < -0.3 is 10.1 Å². The predicted octanol–water partition coefficient (Wildman–Crippen LogP) is 2.29. The fraction of sp³-hybridized carbons (Fsp3) is 0.188. The van der Waals surface area contributed by atoms with E-state index in [4.69, 9.17) is 16.3 Å². The lowest BCUT2D eigenvalue weighted by molar-refractivity contribution is -0.123. The number of nitrogens with zero attached hydrogens (tertiary/aromatic N) is 1. The number of rotatable bonds is 6. The zero-order valence-electron chi connectivity index (χ0n) is 13.9. The van der Waals surface area contributed by atoms with Crippen molar-refractivity contribution in [3.05, 3.63) is 53.2 Å². The van der Waals surface area contributed by atoms with Crippen LogP contribution in [0.15, 0.2) is 42.6 Å². The highest BCUT2D eigenvalue weighted by atomic mass is 35.5. The van der Waals surface area contributed by atoms with Crippen molar-refractivity contribution >= 4 is 45.0 Å². The number of para-hydroxylation sites is 1. The van der Waals surface area contributed by atoms with Gasteiger partial charge in [-0.25, -0.2) is 18.2 Å². The molecule has 2 aromatic rings. The van der Waals surface area contributed by atoms with Crippen molar-refractivity contribution in [2.45, 2.75) is 13.0 Å². The number of anilines is 2. The Morgan fingerprint density at radius 1 is 1.19 bits per heavy atom. The number of aromatic nitrogens is 1. The zero-order valence-corrected chi connectivity index (χ0v) is 15.5. The Kier molecular flexibility index (Phi) is 6.17. The summed E-state index contributed by atoms with van der Waals surface area (Å²) in [6.45, 7) is 1.38. The van der Waals surface area contributed by atoms with Crippen LogP contribution in [-0.4, -0.2) is 37.6 Å². The molecule has 26 heavy (non-hydrogen) atoms. The van der Waals surface area contributed by atoms with Gasteiger partial charge in [0, 0.05) is 6.20 Å². The van der Waals surface area contributed by atoms with Gasteiger partial charge in [0.2, 0.25) is 10.0 Å². The quantitative estimate of drug-likeness (QED) is 0.723. The molecule has 10 heteroatoms. The molecule has 8 nitrogen and oxygen atoms in total. The SMILES string of the molecule is C[C@H](OC(=O)c1ccccc1NS(C)(=O)=O)C(=O)Nc1ccc(Cl)cn1. The fourth-order valence-electron chi connectivity index (χ4n) is 1.91. The Bertz CT molecular complexity index is 916. The molecule has 0 unspecified atom stereocenters. The number of benzene rings is 1. The molecule has 138 valence electrons. The predicted molar refractivity (Wildman–Crippen MR) is 97.7 cm³/mol. The van der Waals surface area contributed by atoms with E-state index >= 15 is 0 Å². The molecule has 1 heterocycles. The van der Waals surface area contributed by atoms with Crippen molar-refractivity contribution in [2.24, 2.45) is 0 Å². The lowest BCUT2D eigenvalue weighted by Crippen LogP contribution is -2.30. The van der Waals surface area contributed by atoms with Gasteiger partial charge in [0.05, 0.1) is 22.5 Å². The van der Waals surface area contributed by atoms with Gasteiger partial charge in [-0.05, 0) is 31.2 Å². The Morgan fingerprint density at radius 3 is 2.50 bits per heavy atom. The molecule has 0 bridgehead atoms. The minimum absolute atomic E-state index is 0.0119. The van der Waals surface area contributed by atoms with E-state index in [2.05, 4.69) is 15.0 Å². The highest BCUT2D eigenvalue weighted by Crippen LogP contribution is 2.18. The van der Waals surface area contributed by atoms with Crippen molar-refractivity contribution in [1.82, 2.24) is 4.98 Å². The zero-order chi connectivity index (χ0) is 19.3. The van der Waals surface area contributed by atoms with Crippen molar-refractivity contribution in [3.63, 3.8) is 0 Å². The van der Waals surface area contributed by atoms with Crippen LogP contribution in [0.2, 0.25) is 5.02 Å². The first-order valence-corrected chi connectivity index (χ1v) is 9.63. The van der Waals surface area contributed by atoms with Gasteiger partial charge in [0.15, 0.2) is 6.10 Å². The number of carbonyl (C=O) groups is 2. The number of halogens is 1. The first kappa shape index (κ1) is 19.7. The molecule has 1 atom stereocenters. The van der Waals surface area contributed by atoms with Gasteiger partial charge in [-0.2, -0.15) is 0 Å². The van der Waals surface area contributed by atoms with Gasteiger partial charge in [-0.1, -0.05) is 23.7 Å². The van der Waals surface area contributed by atoms with Crippen LogP contribution in [0.25, 0.3) is 0 Å². The van der Waals surface area contributed by atoms with Crippen molar-refractivity contribution in [3.8, 4) is 0 Å². The van der Waals surface area contributed by atoms with Gasteiger partial charge in [0.1, 0.15) is 5.82 Å². The number of nitrogens with one attached hydrogen (secondary N) is 2. The second-order valence-corrected chi connectivity index (χ2v) is 7.50. The standard InChI is InChI=1S/C16H16ClN3O5S/c1-10(15(21)19-14-8-7-11(17)9-18-14)25-16(22)12-5-3-4-6-13(12)20-26(2,23)24/h3-10,20H,1-2H3,(H,18,19,21)/t10-/m0/s1. The van der Waals surface area contributed by atoms with Crippen LogP contribution in [0.4, 0.5) is 11.5 Å². The molecule has 0 radical (unpaired) electrons. The molecular formula is C16H16ClN3O5S. The summed E-state index contributed by atoms with van der Waals surface area (Å²) in [6, 6.07) is 8.97. The maximum Gasteiger partial charge on any atom is 0.341 e. The number of amides is 1. The average Bonchev–Trinajstić information content (AvgIpc) is 2.55. The number of carbonyl (C=O) groups excluding carboxylic acids is 2. The van der Waals surface area contributed by atoms with Gasteiger partial charge in [-0.15, -0.1) is 0 Å². The molecule has 0 spiro atoms. The lowest BCUT2D eigenvalue weighted by Gasteiger charge is -2.15. The highest BCUT2D eigenvalue weighted by Gasteiger charge is 2.22. The van der Waals surface area contributed by atoms with Crippen LogP contribution in [0.5, 0.6) is 0 Å². The topological polar surface area (TPSA) is 114 Å². The Labute approximate surface area is 155 Å². The summed E-state index contributed by atoms with van der Waals surface area (Å²) >= 11 is 5.71. The minimum atomic E-state index is -3.58. The Hall–Kier alpha value is -2.65. The first-order valence-electron chi connectivity index (χ1n) is 7.36. The largest absolute Gasteiger partial charge is 0.449 e. The van der Waals surface area contributed by atoms with Crippen molar-refractivity contribution < 1.29 is 22.7 Å². The smallest absolute Gasteiger partial charge is 0.341 e. The number of pyridine rings is 1. The minimum Gasteiger partial charge on any atom is -0.449 e. The van der Waals surface area contributed by atoms with Crippen molar-refractivity contribution in [1.29, 1.82) is 0 Å². The third-order valence-corrected chi connectivity index (χ3v) is 3.89. The molecule has 1 amide bonds. The maximum absolute atomic E-state index is 12.3. The van der Waals surface area contributed by atoms with Crippen LogP contribution in [0, 0.1) is 0 Å². The van der Waals surface area contributed by atoms with Crippen LogP contribution in [-0.2, 0) is 19.6 Å². The normalized spacial score (nSPS) is 12.1. The van der Waals surface area contributed by atoms with Gasteiger partial charge in [0.25, 0.3) is 5.91 Å². The average molecular weight is 398 g/mol. The van der Waals surface area contributed by atoms with E-state index in [1.165, 1.54) is 31.3 Å². The van der Waals surface area contributed by atoms with Crippen LogP contribution >= 0.6 is 11.6 Å². The second-order valence-electron chi connectivity index (χ2n) is 5.32. The van der Waals surface area contributed by atoms with E-state index in [0.29, 0.717) is 5.02 Å². The monoisotopic (exact) mass is 397 g/mol. The Balaban J connectivity index is 2.07. The van der Waals surface area contributed by atoms with E-state index in [1.807, 2.05) is 0 Å². The number of hydrogen-bond donors (Lipinski definition) is 2. The Morgan fingerprint density at radius 2 is 1.88 bits per heavy atom. The molecule has 2 rings (SSSR count). The van der Waals surface area contributed by atoms with E-state index in [0.717, 1.165) is 6.26 Å². The fourth-order valence-corrected chi connectivity index (χ4v) is 2.59. The third kappa shape index (κ3) is 5.71. The molecule has 2 N–H and O–H groups in total. The van der Waals surface area contributed by atoms with Crippen LogP contribution in [0.1, 0.15) is 17.3 Å². The lowest BCUT2D eigenvalue weighted by atomic mass is 10.2. The molecule has 0 aliphatic rings. The number of hydrogen-bond acceptors (Lipinski definition) is 6.